The van der Waals surface area contributed by atoms with E-state index in [0.29, 0.717) is 0 Å². The quantitative estimate of drug-likeness (QED) is 0.573. The van der Waals surface area contributed by atoms with Gasteiger partial charge < -0.3 is 0 Å². The number of benzene rings is 1. The molecule has 16 heavy (non-hydrogen) atoms. The average Bonchev–Trinajstić information content (AvgIpc) is 2.69. The number of carbonyl (C=O) groups is 1. The molecule has 0 bridgehead atoms. The second kappa shape index (κ2) is 5.08. The molecular weight excluding hydrogens is 216 g/mol. The van der Waals surface area contributed by atoms with E-state index in [0.717, 1.165) is 24.7 Å². The second-order valence-corrected chi connectivity index (χ2v) is 5.07. The molecule has 0 amide bonds. The third kappa shape index (κ3) is 2.58. The van der Waals surface area contributed by atoms with Crippen molar-refractivity contribution >= 4 is 27.7 Å². The molecule has 2 aromatic rings. The summed E-state index contributed by atoms with van der Waals surface area (Å²) in [6, 6.07) is 10.7. The molecule has 0 N–H and O–H groups in total. The second-order valence-electron chi connectivity index (χ2n) is 3.90. The molecule has 1 nitrogen and oxygen atoms in total. The van der Waals surface area contributed by atoms with Crippen LogP contribution in [0.15, 0.2) is 42.0 Å². The molecule has 1 heterocycles. The molecule has 2 heteroatoms. The summed E-state index contributed by atoms with van der Waals surface area (Å²) in [6.45, 7) is 2.00. The zero-order chi connectivity index (χ0) is 11.4. The van der Waals surface area contributed by atoms with E-state index < -0.39 is 0 Å². The summed E-state index contributed by atoms with van der Waals surface area (Å²) < 4.78 is 1.34. The van der Waals surface area contributed by atoms with Gasteiger partial charge in [0.15, 0.2) is 0 Å². The first-order valence-electron chi connectivity index (χ1n) is 5.38. The van der Waals surface area contributed by atoms with Crippen molar-refractivity contribution in [1.82, 2.24) is 0 Å². The predicted octanol–water partition coefficient (Wildman–Crippen LogP) is 3.98. The Labute approximate surface area is 99.4 Å². The lowest BCUT2D eigenvalue weighted by Crippen LogP contribution is -1.82. The summed E-state index contributed by atoms with van der Waals surface area (Å²) in [5.41, 5.74) is 1.15. The van der Waals surface area contributed by atoms with Crippen LogP contribution in [0.25, 0.3) is 10.1 Å². The maximum atomic E-state index is 10.3. The summed E-state index contributed by atoms with van der Waals surface area (Å²) in [7, 11) is 0. The Morgan fingerprint density at radius 2 is 2.19 bits per heavy atom. The fraction of sp³-hybridized carbons (Fsp3) is 0.214. The van der Waals surface area contributed by atoms with E-state index in [4.69, 9.17) is 0 Å². The predicted molar refractivity (Wildman–Crippen MR) is 70.0 cm³/mol. The van der Waals surface area contributed by atoms with Crippen LogP contribution in [0, 0.1) is 0 Å². The first-order chi connectivity index (χ1) is 7.79. The minimum Gasteiger partial charge on any atom is -0.299 e. The highest BCUT2D eigenvalue weighted by Crippen LogP contribution is 2.26. The molecule has 0 saturated carbocycles. The number of hydrogen-bond acceptors (Lipinski definition) is 2. The van der Waals surface area contributed by atoms with E-state index in [-0.39, 0.29) is 0 Å². The molecule has 82 valence electrons. The van der Waals surface area contributed by atoms with Gasteiger partial charge in [0.25, 0.3) is 0 Å². The Balaban J connectivity index is 2.10. The SMILES string of the molecule is C/C(=C\C=O)CCc1cc2ccccc2s1. The summed E-state index contributed by atoms with van der Waals surface area (Å²) in [6.07, 6.45) is 4.49. The summed E-state index contributed by atoms with van der Waals surface area (Å²) in [4.78, 5) is 11.7. The monoisotopic (exact) mass is 230 g/mol. The Morgan fingerprint density at radius 3 is 2.94 bits per heavy atom. The highest BCUT2D eigenvalue weighted by Gasteiger charge is 2.01. The van der Waals surface area contributed by atoms with E-state index in [1.54, 1.807) is 6.08 Å². The van der Waals surface area contributed by atoms with Crippen molar-refractivity contribution in [3.05, 3.63) is 46.9 Å². The number of aryl methyl sites for hydroxylation is 1. The molecule has 1 aromatic heterocycles. The third-order valence-corrected chi connectivity index (χ3v) is 3.77. The Kier molecular flexibility index (Phi) is 3.52. The average molecular weight is 230 g/mol. The molecule has 0 aliphatic carbocycles. The number of allylic oxidation sites excluding steroid dienone is 2. The van der Waals surface area contributed by atoms with Crippen LogP contribution < -0.4 is 0 Å². The molecular formula is C14H14OS. The van der Waals surface area contributed by atoms with Crippen LogP contribution in [0.1, 0.15) is 18.2 Å². The largest absolute Gasteiger partial charge is 0.299 e. The van der Waals surface area contributed by atoms with Crippen LogP contribution >= 0.6 is 11.3 Å². The lowest BCUT2D eigenvalue weighted by Gasteiger charge is -1.96. The van der Waals surface area contributed by atoms with Gasteiger partial charge >= 0.3 is 0 Å². The number of carbonyl (C=O) groups excluding carboxylic acids is 1. The van der Waals surface area contributed by atoms with E-state index in [1.165, 1.54) is 15.0 Å². The molecule has 0 fully saturated rings. The van der Waals surface area contributed by atoms with Gasteiger partial charge in [-0.15, -0.1) is 11.3 Å². The number of thiophene rings is 1. The van der Waals surface area contributed by atoms with Crippen molar-refractivity contribution in [2.24, 2.45) is 0 Å². The Hall–Kier alpha value is -1.41. The maximum absolute atomic E-state index is 10.3. The van der Waals surface area contributed by atoms with Crippen molar-refractivity contribution in [2.75, 3.05) is 0 Å². The Morgan fingerprint density at radius 1 is 1.38 bits per heavy atom. The molecule has 0 saturated heterocycles. The van der Waals surface area contributed by atoms with Gasteiger partial charge in [-0.1, -0.05) is 23.8 Å². The maximum Gasteiger partial charge on any atom is 0.142 e. The van der Waals surface area contributed by atoms with Crippen LogP contribution in [0.2, 0.25) is 0 Å². The number of rotatable bonds is 4. The zero-order valence-electron chi connectivity index (χ0n) is 9.27. The molecule has 0 aliphatic heterocycles. The highest BCUT2D eigenvalue weighted by atomic mass is 32.1. The lowest BCUT2D eigenvalue weighted by atomic mass is 10.1. The molecule has 0 spiro atoms. The fourth-order valence-electron chi connectivity index (χ4n) is 1.68. The summed E-state index contributed by atoms with van der Waals surface area (Å²) in [5.74, 6) is 0. The normalized spacial score (nSPS) is 11.9. The standard InChI is InChI=1S/C14H14OS/c1-11(8-9-15)6-7-13-10-12-4-2-3-5-14(12)16-13/h2-5,8-10H,6-7H2,1H3/b11-8+. The van der Waals surface area contributed by atoms with Crippen LogP contribution in [-0.4, -0.2) is 6.29 Å². The van der Waals surface area contributed by atoms with Crippen molar-refractivity contribution < 1.29 is 4.79 Å². The van der Waals surface area contributed by atoms with Gasteiger partial charge in [0.05, 0.1) is 0 Å². The molecule has 1 aromatic carbocycles. The molecule has 0 unspecified atom stereocenters. The molecule has 0 atom stereocenters. The first-order valence-corrected chi connectivity index (χ1v) is 6.19. The topological polar surface area (TPSA) is 17.1 Å². The Bertz CT molecular complexity index is 489. The van der Waals surface area contributed by atoms with Gasteiger partial charge in [0.2, 0.25) is 0 Å². The third-order valence-electron chi connectivity index (χ3n) is 2.59. The molecule has 2 rings (SSSR count). The summed E-state index contributed by atoms with van der Waals surface area (Å²) >= 11 is 1.84. The van der Waals surface area contributed by atoms with E-state index in [9.17, 15) is 4.79 Å². The van der Waals surface area contributed by atoms with Crippen LogP contribution in [0.5, 0.6) is 0 Å². The minimum absolute atomic E-state index is 0.861. The van der Waals surface area contributed by atoms with Crippen molar-refractivity contribution in [3.63, 3.8) is 0 Å². The molecule has 0 radical (unpaired) electrons. The molecule has 0 aliphatic rings. The van der Waals surface area contributed by atoms with Crippen molar-refractivity contribution in [2.45, 2.75) is 19.8 Å². The van der Waals surface area contributed by atoms with Crippen molar-refractivity contribution in [1.29, 1.82) is 0 Å². The number of aldehydes is 1. The smallest absolute Gasteiger partial charge is 0.142 e. The number of hydrogen-bond donors (Lipinski definition) is 0. The van der Waals surface area contributed by atoms with Gasteiger partial charge in [-0.05, 0) is 43.4 Å². The fourth-order valence-corrected chi connectivity index (χ4v) is 2.74. The lowest BCUT2D eigenvalue weighted by molar-refractivity contribution is -0.104. The van der Waals surface area contributed by atoms with E-state index >= 15 is 0 Å². The van der Waals surface area contributed by atoms with Gasteiger partial charge in [-0.25, -0.2) is 0 Å². The zero-order valence-corrected chi connectivity index (χ0v) is 10.1. The van der Waals surface area contributed by atoms with Crippen LogP contribution in [-0.2, 0) is 11.2 Å². The highest BCUT2D eigenvalue weighted by molar-refractivity contribution is 7.19. The van der Waals surface area contributed by atoms with Crippen LogP contribution in [0.4, 0.5) is 0 Å². The van der Waals surface area contributed by atoms with Crippen molar-refractivity contribution in [3.8, 4) is 0 Å². The summed E-state index contributed by atoms with van der Waals surface area (Å²) in [5, 5.41) is 1.32. The minimum atomic E-state index is 0.861. The van der Waals surface area contributed by atoms with Gasteiger partial charge in [-0.3, -0.25) is 4.79 Å². The van der Waals surface area contributed by atoms with Gasteiger partial charge in [0, 0.05) is 9.58 Å². The van der Waals surface area contributed by atoms with Gasteiger partial charge in [0.1, 0.15) is 6.29 Å². The van der Waals surface area contributed by atoms with E-state index in [2.05, 4.69) is 30.3 Å². The van der Waals surface area contributed by atoms with E-state index in [1.807, 2.05) is 18.3 Å². The van der Waals surface area contributed by atoms with Crippen LogP contribution in [0.3, 0.4) is 0 Å². The number of fused-ring (bicyclic) bond motifs is 1. The first kappa shape index (κ1) is 11.1. The van der Waals surface area contributed by atoms with Gasteiger partial charge in [-0.2, -0.15) is 0 Å².